The largest absolute Gasteiger partial charge is 0.481 e. The van der Waals surface area contributed by atoms with E-state index in [9.17, 15) is 4.79 Å². The van der Waals surface area contributed by atoms with E-state index >= 15 is 0 Å². The molecule has 3 N–H and O–H groups in total. The number of hydrazone groups is 1. The second-order valence-electron chi connectivity index (χ2n) is 5.06. The average molecular weight is 341 g/mol. The highest BCUT2D eigenvalue weighted by Crippen LogP contribution is 2.10. The Hall–Kier alpha value is -2.73. The van der Waals surface area contributed by atoms with E-state index in [2.05, 4.69) is 15.8 Å². The molecule has 24 heavy (non-hydrogen) atoms. The summed E-state index contributed by atoms with van der Waals surface area (Å²) in [5, 5.41) is 16.3. The summed E-state index contributed by atoms with van der Waals surface area (Å²) in [7, 11) is 0. The standard InChI is InChI=1S/C18H19N3O2S/c22-16(23)12-7-13-19-18(24)21-20-17(14-8-3-1-4-9-14)15-10-5-2-6-11-15/h1-6,8-11H,7,12-13H2,(H,22,23)(H2,19,21,24). The maximum Gasteiger partial charge on any atom is 0.303 e. The number of carbonyl (C=O) groups is 1. The molecule has 0 aliphatic rings. The van der Waals surface area contributed by atoms with Crippen LogP contribution in [0.3, 0.4) is 0 Å². The average Bonchev–Trinajstić information content (AvgIpc) is 2.61. The fraction of sp³-hybridized carbons (Fsp3) is 0.167. The lowest BCUT2D eigenvalue weighted by Crippen LogP contribution is -2.33. The van der Waals surface area contributed by atoms with Crippen molar-refractivity contribution >= 4 is 29.0 Å². The molecule has 0 amide bonds. The van der Waals surface area contributed by atoms with Crippen LogP contribution >= 0.6 is 12.2 Å². The molecule has 0 aliphatic carbocycles. The summed E-state index contributed by atoms with van der Waals surface area (Å²) in [4.78, 5) is 10.5. The number of carboxylic acids is 1. The Morgan fingerprint density at radius 2 is 1.54 bits per heavy atom. The summed E-state index contributed by atoms with van der Waals surface area (Å²) in [5.41, 5.74) is 5.57. The summed E-state index contributed by atoms with van der Waals surface area (Å²) in [6, 6.07) is 19.7. The van der Waals surface area contributed by atoms with E-state index in [1.54, 1.807) is 0 Å². The Bertz CT molecular complexity index is 661. The van der Waals surface area contributed by atoms with Gasteiger partial charge >= 0.3 is 5.97 Å². The lowest BCUT2D eigenvalue weighted by Gasteiger charge is -2.10. The predicted molar refractivity (Wildman–Crippen MR) is 99.1 cm³/mol. The molecule has 6 heteroatoms. The second-order valence-corrected chi connectivity index (χ2v) is 5.47. The third-order valence-corrected chi connectivity index (χ3v) is 3.45. The molecule has 0 fully saturated rings. The molecule has 2 aromatic rings. The molecular formula is C18H19N3O2S. The van der Waals surface area contributed by atoms with Gasteiger partial charge in [0.05, 0.1) is 5.71 Å². The lowest BCUT2D eigenvalue weighted by atomic mass is 10.0. The van der Waals surface area contributed by atoms with Crippen LogP contribution in [0.15, 0.2) is 65.8 Å². The van der Waals surface area contributed by atoms with Crippen LogP contribution in [0.1, 0.15) is 24.0 Å². The van der Waals surface area contributed by atoms with Gasteiger partial charge < -0.3 is 10.4 Å². The van der Waals surface area contributed by atoms with Gasteiger partial charge in [-0.3, -0.25) is 10.2 Å². The van der Waals surface area contributed by atoms with Gasteiger partial charge in [0.2, 0.25) is 0 Å². The quantitative estimate of drug-likeness (QED) is 0.313. The van der Waals surface area contributed by atoms with E-state index in [1.807, 2.05) is 60.7 Å². The maximum atomic E-state index is 10.5. The first kappa shape index (κ1) is 17.6. The van der Waals surface area contributed by atoms with Crippen LogP contribution in [0.2, 0.25) is 0 Å². The highest BCUT2D eigenvalue weighted by atomic mass is 32.1. The van der Waals surface area contributed by atoms with Crippen molar-refractivity contribution in [2.45, 2.75) is 12.8 Å². The highest BCUT2D eigenvalue weighted by molar-refractivity contribution is 7.80. The van der Waals surface area contributed by atoms with Gasteiger partial charge in [-0.15, -0.1) is 0 Å². The number of benzene rings is 2. The number of carboxylic acid groups (broad SMARTS) is 1. The Morgan fingerprint density at radius 3 is 2.04 bits per heavy atom. The van der Waals surface area contributed by atoms with Gasteiger partial charge in [0.25, 0.3) is 0 Å². The third-order valence-electron chi connectivity index (χ3n) is 3.22. The zero-order valence-corrected chi connectivity index (χ0v) is 13.9. The first-order valence-electron chi connectivity index (χ1n) is 7.61. The zero-order chi connectivity index (χ0) is 17.2. The number of thiocarbonyl (C=S) groups is 1. The highest BCUT2D eigenvalue weighted by Gasteiger charge is 2.06. The van der Waals surface area contributed by atoms with Gasteiger partial charge in [0.1, 0.15) is 0 Å². The molecule has 0 spiro atoms. The van der Waals surface area contributed by atoms with E-state index in [0.29, 0.717) is 18.1 Å². The molecule has 0 aromatic heterocycles. The van der Waals surface area contributed by atoms with E-state index in [4.69, 9.17) is 17.3 Å². The van der Waals surface area contributed by atoms with Crippen molar-refractivity contribution in [2.75, 3.05) is 6.54 Å². The van der Waals surface area contributed by atoms with Crippen LogP contribution in [0.5, 0.6) is 0 Å². The van der Waals surface area contributed by atoms with Crippen molar-refractivity contribution in [2.24, 2.45) is 5.10 Å². The van der Waals surface area contributed by atoms with Crippen LogP contribution < -0.4 is 10.7 Å². The van der Waals surface area contributed by atoms with Gasteiger partial charge in [0, 0.05) is 24.1 Å². The Morgan fingerprint density at radius 1 is 1.00 bits per heavy atom. The molecule has 0 unspecified atom stereocenters. The molecule has 5 nitrogen and oxygen atoms in total. The van der Waals surface area contributed by atoms with Crippen molar-refractivity contribution in [1.29, 1.82) is 0 Å². The zero-order valence-electron chi connectivity index (χ0n) is 13.1. The van der Waals surface area contributed by atoms with E-state index < -0.39 is 5.97 Å². The summed E-state index contributed by atoms with van der Waals surface area (Å²) >= 11 is 5.17. The molecule has 0 radical (unpaired) electrons. The van der Waals surface area contributed by atoms with Crippen LogP contribution in [0, 0.1) is 0 Å². The smallest absolute Gasteiger partial charge is 0.303 e. The fourth-order valence-electron chi connectivity index (χ4n) is 2.08. The summed E-state index contributed by atoms with van der Waals surface area (Å²) < 4.78 is 0. The first-order chi connectivity index (χ1) is 11.7. The van der Waals surface area contributed by atoms with E-state index in [0.717, 1.165) is 16.8 Å². The minimum absolute atomic E-state index is 0.109. The minimum atomic E-state index is -0.816. The summed E-state index contributed by atoms with van der Waals surface area (Å²) in [5.74, 6) is -0.816. The van der Waals surface area contributed by atoms with Crippen LogP contribution in [-0.2, 0) is 4.79 Å². The fourth-order valence-corrected chi connectivity index (χ4v) is 2.22. The molecule has 0 aliphatic heterocycles. The summed E-state index contributed by atoms with van der Waals surface area (Å²) in [6.07, 6.45) is 0.614. The normalized spacial score (nSPS) is 9.83. The number of nitrogens with one attached hydrogen (secondary N) is 2. The molecule has 2 aromatic carbocycles. The number of rotatable bonds is 7. The Kier molecular flexibility index (Phi) is 6.91. The van der Waals surface area contributed by atoms with Crippen molar-refractivity contribution in [3.05, 3.63) is 71.8 Å². The van der Waals surface area contributed by atoms with Crippen molar-refractivity contribution < 1.29 is 9.90 Å². The minimum Gasteiger partial charge on any atom is -0.481 e. The SMILES string of the molecule is O=C(O)CCCNC(=S)NN=C(c1ccccc1)c1ccccc1. The van der Waals surface area contributed by atoms with Crippen molar-refractivity contribution in [3.63, 3.8) is 0 Å². The number of hydrogen-bond donors (Lipinski definition) is 3. The molecule has 124 valence electrons. The second kappa shape index (κ2) is 9.42. The van der Waals surface area contributed by atoms with Crippen molar-refractivity contribution in [1.82, 2.24) is 10.7 Å². The van der Waals surface area contributed by atoms with Crippen LogP contribution in [0.25, 0.3) is 0 Å². The van der Waals surface area contributed by atoms with Gasteiger partial charge in [-0.05, 0) is 18.6 Å². The Balaban J connectivity index is 2.04. The molecule has 0 atom stereocenters. The lowest BCUT2D eigenvalue weighted by molar-refractivity contribution is -0.137. The van der Waals surface area contributed by atoms with E-state index in [1.165, 1.54) is 0 Å². The molecule has 0 saturated heterocycles. The Labute approximate surface area is 146 Å². The molecular weight excluding hydrogens is 322 g/mol. The maximum absolute atomic E-state index is 10.5. The number of aliphatic carboxylic acids is 1. The van der Waals surface area contributed by atoms with Gasteiger partial charge in [-0.2, -0.15) is 5.10 Å². The monoisotopic (exact) mass is 341 g/mol. The van der Waals surface area contributed by atoms with Crippen LogP contribution in [0.4, 0.5) is 0 Å². The van der Waals surface area contributed by atoms with E-state index in [-0.39, 0.29) is 6.42 Å². The van der Waals surface area contributed by atoms with Gasteiger partial charge in [0.15, 0.2) is 5.11 Å². The number of hydrogen-bond acceptors (Lipinski definition) is 3. The topological polar surface area (TPSA) is 73.7 Å². The number of nitrogens with zero attached hydrogens (tertiary/aromatic N) is 1. The first-order valence-corrected chi connectivity index (χ1v) is 8.02. The van der Waals surface area contributed by atoms with Crippen molar-refractivity contribution in [3.8, 4) is 0 Å². The molecule has 0 saturated carbocycles. The molecule has 2 rings (SSSR count). The molecule has 0 heterocycles. The van der Waals surface area contributed by atoms with Gasteiger partial charge in [-0.25, -0.2) is 0 Å². The summed E-state index contributed by atoms with van der Waals surface area (Å²) in [6.45, 7) is 0.486. The predicted octanol–water partition coefficient (Wildman–Crippen LogP) is 2.77. The third kappa shape index (κ3) is 5.81. The van der Waals surface area contributed by atoms with Crippen LogP contribution in [-0.4, -0.2) is 28.4 Å². The van der Waals surface area contributed by atoms with Gasteiger partial charge in [-0.1, -0.05) is 60.7 Å². The molecule has 0 bridgehead atoms.